The van der Waals surface area contributed by atoms with Gasteiger partial charge in [-0.3, -0.25) is 4.90 Å². The lowest BCUT2D eigenvalue weighted by molar-refractivity contribution is -0.0102. The zero-order valence-electron chi connectivity index (χ0n) is 8.88. The zero-order chi connectivity index (χ0) is 11.0. The monoisotopic (exact) mass is 228 g/mol. The first-order chi connectivity index (χ1) is 7.08. The van der Waals surface area contributed by atoms with E-state index in [0.29, 0.717) is 0 Å². The average molecular weight is 228 g/mol. The number of hydrogen-bond acceptors (Lipinski definition) is 3. The van der Waals surface area contributed by atoms with E-state index < -0.39 is 0 Å². The van der Waals surface area contributed by atoms with Crippen molar-refractivity contribution >= 4 is 18.7 Å². The van der Waals surface area contributed by atoms with Crippen molar-refractivity contribution < 1.29 is 9.53 Å². The quantitative estimate of drug-likeness (QED) is 0.665. The number of nitrogens with zero attached hydrogens (tertiary/aromatic N) is 1. The SMILES string of the molecule is CC1C=CN(C2CC(S)C(C)O2)C(=O)N1. The summed E-state index contributed by atoms with van der Waals surface area (Å²) in [6.45, 7) is 3.91. The Hall–Kier alpha value is -0.680. The summed E-state index contributed by atoms with van der Waals surface area (Å²) in [5, 5.41) is 3.04. The molecule has 0 aromatic carbocycles. The van der Waals surface area contributed by atoms with Gasteiger partial charge in [-0.25, -0.2) is 4.79 Å². The number of urea groups is 1. The van der Waals surface area contributed by atoms with E-state index in [-0.39, 0.29) is 29.7 Å². The lowest BCUT2D eigenvalue weighted by Gasteiger charge is -2.30. The van der Waals surface area contributed by atoms with E-state index in [1.807, 2.05) is 19.9 Å². The molecule has 15 heavy (non-hydrogen) atoms. The van der Waals surface area contributed by atoms with Crippen LogP contribution in [0.5, 0.6) is 0 Å². The molecule has 2 heterocycles. The molecular weight excluding hydrogens is 212 g/mol. The second-order valence-corrected chi connectivity index (χ2v) is 4.75. The molecule has 2 amide bonds. The Morgan fingerprint density at radius 1 is 1.60 bits per heavy atom. The smallest absolute Gasteiger partial charge is 0.323 e. The van der Waals surface area contributed by atoms with E-state index in [1.165, 1.54) is 0 Å². The summed E-state index contributed by atoms with van der Waals surface area (Å²) in [6.07, 6.45) is 4.44. The lowest BCUT2D eigenvalue weighted by Crippen LogP contribution is -2.48. The van der Waals surface area contributed by atoms with E-state index >= 15 is 0 Å². The highest BCUT2D eigenvalue weighted by Crippen LogP contribution is 2.27. The minimum Gasteiger partial charge on any atom is -0.354 e. The number of hydrogen-bond donors (Lipinski definition) is 2. The van der Waals surface area contributed by atoms with E-state index in [0.717, 1.165) is 6.42 Å². The van der Waals surface area contributed by atoms with Gasteiger partial charge in [-0.05, 0) is 19.9 Å². The number of nitrogens with one attached hydrogen (secondary N) is 1. The van der Waals surface area contributed by atoms with Crippen LogP contribution in [-0.4, -0.2) is 34.6 Å². The summed E-state index contributed by atoms with van der Waals surface area (Å²) < 4.78 is 5.66. The van der Waals surface area contributed by atoms with E-state index in [4.69, 9.17) is 4.74 Å². The molecule has 2 aliphatic rings. The predicted octanol–water partition coefficient (Wildman–Crippen LogP) is 1.35. The van der Waals surface area contributed by atoms with Gasteiger partial charge < -0.3 is 10.1 Å². The largest absolute Gasteiger partial charge is 0.354 e. The summed E-state index contributed by atoms with van der Waals surface area (Å²) >= 11 is 4.41. The van der Waals surface area contributed by atoms with E-state index in [9.17, 15) is 4.79 Å². The van der Waals surface area contributed by atoms with Crippen LogP contribution in [0.25, 0.3) is 0 Å². The standard InChI is InChI=1S/C10H16N2O2S/c1-6-3-4-12(10(13)11-6)9-5-8(15)7(2)14-9/h3-4,6-9,15H,5H2,1-2H3,(H,11,13). The number of rotatable bonds is 1. The Morgan fingerprint density at radius 3 is 2.87 bits per heavy atom. The van der Waals surface area contributed by atoms with Crippen LogP contribution in [0.15, 0.2) is 12.3 Å². The van der Waals surface area contributed by atoms with Crippen LogP contribution in [0.1, 0.15) is 20.3 Å². The molecule has 0 bridgehead atoms. The molecular formula is C10H16N2O2S. The number of ether oxygens (including phenoxy) is 1. The summed E-state index contributed by atoms with van der Waals surface area (Å²) in [7, 11) is 0. The van der Waals surface area contributed by atoms with Gasteiger partial charge in [-0.1, -0.05) is 0 Å². The molecule has 0 radical (unpaired) electrons. The fraction of sp³-hybridized carbons (Fsp3) is 0.700. The minimum atomic E-state index is -0.175. The Morgan fingerprint density at radius 2 is 2.33 bits per heavy atom. The molecule has 1 saturated heterocycles. The first kappa shape index (κ1) is 10.8. The Labute approximate surface area is 95.1 Å². The van der Waals surface area contributed by atoms with Crippen molar-refractivity contribution in [3.63, 3.8) is 0 Å². The number of thiol groups is 1. The first-order valence-corrected chi connectivity index (χ1v) is 5.70. The Kier molecular flexibility index (Phi) is 2.93. The van der Waals surface area contributed by atoms with Gasteiger partial charge in [0.15, 0.2) is 0 Å². The van der Waals surface area contributed by atoms with Crippen molar-refractivity contribution in [2.24, 2.45) is 0 Å². The van der Waals surface area contributed by atoms with Crippen molar-refractivity contribution in [3.8, 4) is 0 Å². The molecule has 0 aliphatic carbocycles. The van der Waals surface area contributed by atoms with Crippen LogP contribution in [0, 0.1) is 0 Å². The highest BCUT2D eigenvalue weighted by Gasteiger charge is 2.36. The van der Waals surface area contributed by atoms with Crippen LogP contribution in [0.3, 0.4) is 0 Å². The average Bonchev–Trinajstić information content (AvgIpc) is 2.46. The van der Waals surface area contributed by atoms with E-state index in [1.54, 1.807) is 11.1 Å². The minimum absolute atomic E-state index is 0.0929. The highest BCUT2D eigenvalue weighted by molar-refractivity contribution is 7.81. The van der Waals surface area contributed by atoms with Gasteiger partial charge in [0.2, 0.25) is 0 Å². The van der Waals surface area contributed by atoms with Crippen molar-refractivity contribution in [3.05, 3.63) is 12.3 Å². The Bertz CT molecular complexity index is 285. The van der Waals surface area contributed by atoms with Crippen molar-refractivity contribution in [1.29, 1.82) is 0 Å². The molecule has 2 rings (SSSR count). The van der Waals surface area contributed by atoms with Crippen molar-refractivity contribution in [2.75, 3.05) is 0 Å². The highest BCUT2D eigenvalue weighted by atomic mass is 32.1. The predicted molar refractivity (Wildman–Crippen MR) is 60.7 cm³/mol. The fourth-order valence-corrected chi connectivity index (χ4v) is 2.06. The van der Waals surface area contributed by atoms with Crippen LogP contribution in [-0.2, 0) is 4.74 Å². The molecule has 4 atom stereocenters. The normalized spacial score (nSPS) is 40.7. The van der Waals surface area contributed by atoms with Gasteiger partial charge in [-0.2, -0.15) is 12.6 Å². The molecule has 1 fully saturated rings. The third kappa shape index (κ3) is 2.13. The van der Waals surface area contributed by atoms with Crippen LogP contribution >= 0.6 is 12.6 Å². The van der Waals surface area contributed by atoms with Gasteiger partial charge in [0.05, 0.1) is 6.10 Å². The summed E-state index contributed by atoms with van der Waals surface area (Å²) in [5.41, 5.74) is 0. The molecule has 4 nitrogen and oxygen atoms in total. The molecule has 4 unspecified atom stereocenters. The van der Waals surface area contributed by atoms with Gasteiger partial charge in [0.25, 0.3) is 0 Å². The molecule has 5 heteroatoms. The summed E-state index contributed by atoms with van der Waals surface area (Å²) in [5.74, 6) is 0. The number of carbonyl (C=O) groups excluding carboxylic acids is 1. The maximum absolute atomic E-state index is 11.7. The van der Waals surface area contributed by atoms with Crippen LogP contribution < -0.4 is 5.32 Å². The van der Waals surface area contributed by atoms with Crippen LogP contribution in [0.4, 0.5) is 4.79 Å². The third-order valence-corrected chi connectivity index (χ3v) is 3.42. The molecule has 0 spiro atoms. The van der Waals surface area contributed by atoms with Gasteiger partial charge >= 0.3 is 6.03 Å². The van der Waals surface area contributed by atoms with Crippen molar-refractivity contribution in [1.82, 2.24) is 10.2 Å². The fourth-order valence-electron chi connectivity index (χ4n) is 1.81. The summed E-state index contributed by atoms with van der Waals surface area (Å²) in [6, 6.07) is 0.00371. The van der Waals surface area contributed by atoms with Gasteiger partial charge in [-0.15, -0.1) is 0 Å². The molecule has 1 N–H and O–H groups in total. The second kappa shape index (κ2) is 4.06. The molecule has 0 saturated carbocycles. The molecule has 84 valence electrons. The number of amides is 2. The molecule has 0 aromatic heterocycles. The van der Waals surface area contributed by atoms with Crippen molar-refractivity contribution in [2.45, 2.75) is 43.9 Å². The molecule has 2 aliphatic heterocycles. The second-order valence-electron chi connectivity index (χ2n) is 4.09. The van der Waals surface area contributed by atoms with Gasteiger partial charge in [0, 0.05) is 23.9 Å². The first-order valence-electron chi connectivity index (χ1n) is 5.18. The summed E-state index contributed by atoms with van der Waals surface area (Å²) in [4.78, 5) is 13.3. The van der Waals surface area contributed by atoms with Crippen LogP contribution in [0.2, 0.25) is 0 Å². The van der Waals surface area contributed by atoms with E-state index in [2.05, 4.69) is 17.9 Å². The number of carbonyl (C=O) groups is 1. The zero-order valence-corrected chi connectivity index (χ0v) is 9.78. The lowest BCUT2D eigenvalue weighted by atomic mass is 10.2. The topological polar surface area (TPSA) is 41.6 Å². The molecule has 0 aromatic rings. The van der Waals surface area contributed by atoms with Gasteiger partial charge in [0.1, 0.15) is 6.23 Å². The maximum Gasteiger partial charge on any atom is 0.323 e. The maximum atomic E-state index is 11.7. The third-order valence-electron chi connectivity index (χ3n) is 2.79. The Balaban J connectivity index is 2.06.